The lowest BCUT2D eigenvalue weighted by Gasteiger charge is -2.20. The van der Waals surface area contributed by atoms with Crippen LogP contribution < -0.4 is 15.6 Å². The van der Waals surface area contributed by atoms with E-state index in [1.54, 1.807) is 22.9 Å². The van der Waals surface area contributed by atoms with Crippen LogP contribution in [0.2, 0.25) is 5.02 Å². The first-order chi connectivity index (χ1) is 13.4. The van der Waals surface area contributed by atoms with Crippen molar-refractivity contribution < 1.29 is 13.9 Å². The van der Waals surface area contributed by atoms with Gasteiger partial charge in [0.15, 0.2) is 0 Å². The predicted molar refractivity (Wildman–Crippen MR) is 107 cm³/mol. The number of hydrogen-bond donors (Lipinski definition) is 1. The molecule has 0 aliphatic heterocycles. The lowest BCUT2D eigenvalue weighted by Crippen LogP contribution is -2.20. The molecule has 8 heteroatoms. The quantitative estimate of drug-likeness (QED) is 0.781. The van der Waals surface area contributed by atoms with Crippen LogP contribution in [0.25, 0.3) is 0 Å². The molecule has 0 saturated carbocycles. The van der Waals surface area contributed by atoms with Crippen molar-refractivity contribution in [2.45, 2.75) is 26.0 Å². The molecular weight excluding hydrogens is 385 g/mol. The molecule has 1 aliphatic rings. The van der Waals surface area contributed by atoms with Crippen LogP contribution in [-0.4, -0.2) is 29.9 Å². The van der Waals surface area contributed by atoms with Crippen LogP contribution in [0.5, 0.6) is 5.75 Å². The lowest BCUT2D eigenvalue weighted by molar-refractivity contribution is 0.133. The number of aromatic nitrogens is 2. The minimum Gasteiger partial charge on any atom is -0.490 e. The van der Waals surface area contributed by atoms with E-state index in [4.69, 9.17) is 21.1 Å². The summed E-state index contributed by atoms with van der Waals surface area (Å²) in [6.45, 7) is 2.14. The fourth-order valence-corrected chi connectivity index (χ4v) is 3.12. The van der Waals surface area contributed by atoms with Gasteiger partial charge in [-0.3, -0.25) is 4.79 Å². The molecule has 1 unspecified atom stereocenters. The molecule has 1 heterocycles. The monoisotopic (exact) mass is 405 g/mol. The number of nitrogens with one attached hydrogen (secondary N) is 1. The SMILES string of the molecule is COc1cn(CC2=CC(OC)CC(F)=C2)c(Nc2cccc(Cl)c2C)nc1=O. The number of anilines is 2. The standard InChI is InChI=1S/C20H21ClFN3O3/c1-12-16(21)5-4-6-17(12)23-20-24-19(26)18(28-3)11-25(20)10-13-7-14(22)9-15(8-13)27-2/h4-8,11,15H,9-10H2,1-3H3,(H,23,24,26). The van der Waals surface area contributed by atoms with Gasteiger partial charge in [-0.15, -0.1) is 0 Å². The summed E-state index contributed by atoms with van der Waals surface area (Å²) in [4.78, 5) is 16.3. The van der Waals surface area contributed by atoms with Crippen molar-refractivity contribution in [1.82, 2.24) is 9.55 Å². The van der Waals surface area contributed by atoms with Gasteiger partial charge >= 0.3 is 5.56 Å². The van der Waals surface area contributed by atoms with Crippen LogP contribution in [0.1, 0.15) is 12.0 Å². The molecule has 2 aromatic rings. The van der Waals surface area contributed by atoms with E-state index in [-0.39, 0.29) is 30.6 Å². The zero-order chi connectivity index (χ0) is 20.3. The Morgan fingerprint density at radius 3 is 2.89 bits per heavy atom. The molecule has 28 heavy (non-hydrogen) atoms. The van der Waals surface area contributed by atoms with Crippen molar-refractivity contribution in [2.75, 3.05) is 19.5 Å². The van der Waals surface area contributed by atoms with Crippen molar-refractivity contribution >= 4 is 23.2 Å². The topological polar surface area (TPSA) is 65.4 Å². The Morgan fingerprint density at radius 2 is 2.18 bits per heavy atom. The minimum atomic E-state index is -0.505. The average molecular weight is 406 g/mol. The van der Waals surface area contributed by atoms with E-state index in [1.165, 1.54) is 20.3 Å². The summed E-state index contributed by atoms with van der Waals surface area (Å²) in [5.41, 5.74) is 1.74. The summed E-state index contributed by atoms with van der Waals surface area (Å²) in [6, 6.07) is 5.42. The summed E-state index contributed by atoms with van der Waals surface area (Å²) in [5, 5.41) is 3.73. The highest BCUT2D eigenvalue weighted by Gasteiger charge is 2.17. The van der Waals surface area contributed by atoms with E-state index in [0.29, 0.717) is 22.2 Å². The van der Waals surface area contributed by atoms with Crippen molar-refractivity contribution in [1.29, 1.82) is 0 Å². The Balaban J connectivity index is 2.01. The first kappa shape index (κ1) is 20.1. The molecule has 0 radical (unpaired) electrons. The number of methoxy groups -OCH3 is 2. The zero-order valence-corrected chi connectivity index (χ0v) is 16.6. The van der Waals surface area contributed by atoms with Crippen LogP contribution in [0.15, 0.2) is 52.7 Å². The minimum absolute atomic E-state index is 0.0949. The maximum atomic E-state index is 13.9. The summed E-state index contributed by atoms with van der Waals surface area (Å²) in [5.74, 6) is 0.133. The van der Waals surface area contributed by atoms with Gasteiger partial charge in [-0.05, 0) is 36.3 Å². The van der Waals surface area contributed by atoms with Gasteiger partial charge in [-0.25, -0.2) is 4.39 Å². The Bertz CT molecular complexity index is 1000. The zero-order valence-electron chi connectivity index (χ0n) is 15.8. The molecule has 1 aromatic heterocycles. The number of nitrogens with zero attached hydrogens (tertiary/aromatic N) is 2. The van der Waals surface area contributed by atoms with Crippen molar-refractivity contribution in [3.8, 4) is 5.75 Å². The predicted octanol–water partition coefficient (Wildman–Crippen LogP) is 4.16. The number of benzene rings is 1. The van der Waals surface area contributed by atoms with Crippen LogP contribution >= 0.6 is 11.6 Å². The number of rotatable bonds is 6. The van der Waals surface area contributed by atoms with Gasteiger partial charge in [0.2, 0.25) is 11.7 Å². The summed E-state index contributed by atoms with van der Waals surface area (Å²) in [6.07, 6.45) is 4.73. The second-order valence-corrected chi connectivity index (χ2v) is 6.82. The Kier molecular flexibility index (Phi) is 6.16. The number of halogens is 2. The van der Waals surface area contributed by atoms with E-state index in [0.717, 1.165) is 5.56 Å². The highest BCUT2D eigenvalue weighted by atomic mass is 35.5. The normalized spacial score (nSPS) is 16.4. The molecule has 0 saturated heterocycles. The van der Waals surface area contributed by atoms with Crippen LogP contribution in [-0.2, 0) is 11.3 Å². The first-order valence-electron chi connectivity index (χ1n) is 8.68. The van der Waals surface area contributed by atoms with Crippen molar-refractivity contribution in [3.05, 3.63) is 68.9 Å². The number of ether oxygens (including phenoxy) is 2. The van der Waals surface area contributed by atoms with Gasteiger partial charge in [0.05, 0.1) is 26.0 Å². The molecule has 1 atom stereocenters. The van der Waals surface area contributed by atoms with E-state index in [9.17, 15) is 9.18 Å². The molecule has 3 rings (SSSR count). The van der Waals surface area contributed by atoms with Gasteiger partial charge in [-0.2, -0.15) is 4.98 Å². The van der Waals surface area contributed by atoms with Crippen LogP contribution in [0.3, 0.4) is 0 Å². The third kappa shape index (κ3) is 4.43. The van der Waals surface area contributed by atoms with Gasteiger partial charge in [0.25, 0.3) is 0 Å². The molecular formula is C20H21ClFN3O3. The number of hydrogen-bond acceptors (Lipinski definition) is 5. The fourth-order valence-electron chi connectivity index (χ4n) is 2.94. The number of allylic oxidation sites excluding steroid dienone is 2. The third-order valence-corrected chi connectivity index (χ3v) is 4.90. The van der Waals surface area contributed by atoms with Gasteiger partial charge in [0.1, 0.15) is 5.83 Å². The van der Waals surface area contributed by atoms with Gasteiger partial charge in [0, 0.05) is 24.2 Å². The van der Waals surface area contributed by atoms with E-state index in [1.807, 2.05) is 19.1 Å². The molecule has 1 N–H and O–H groups in total. The van der Waals surface area contributed by atoms with Crippen LogP contribution in [0.4, 0.5) is 16.0 Å². The Morgan fingerprint density at radius 1 is 1.39 bits per heavy atom. The Labute approximate surface area is 167 Å². The Hall–Kier alpha value is -2.64. The summed E-state index contributed by atoms with van der Waals surface area (Å²) < 4.78 is 26.0. The molecule has 6 nitrogen and oxygen atoms in total. The van der Waals surface area contributed by atoms with Crippen molar-refractivity contribution in [2.24, 2.45) is 0 Å². The fraction of sp³-hybridized carbons (Fsp3) is 0.300. The largest absolute Gasteiger partial charge is 0.490 e. The molecule has 148 valence electrons. The van der Waals surface area contributed by atoms with Crippen molar-refractivity contribution in [3.63, 3.8) is 0 Å². The van der Waals surface area contributed by atoms with Crippen LogP contribution in [0, 0.1) is 6.92 Å². The molecule has 1 aromatic carbocycles. The molecule has 0 bridgehead atoms. The maximum Gasteiger partial charge on any atom is 0.316 e. The second kappa shape index (κ2) is 8.58. The summed E-state index contributed by atoms with van der Waals surface area (Å²) >= 11 is 6.18. The average Bonchev–Trinajstić information content (AvgIpc) is 2.66. The lowest BCUT2D eigenvalue weighted by atomic mass is 10.0. The smallest absolute Gasteiger partial charge is 0.316 e. The second-order valence-electron chi connectivity index (χ2n) is 6.41. The molecule has 0 amide bonds. The first-order valence-corrected chi connectivity index (χ1v) is 9.06. The highest BCUT2D eigenvalue weighted by Crippen LogP contribution is 2.27. The van der Waals surface area contributed by atoms with E-state index in [2.05, 4.69) is 10.3 Å². The van der Waals surface area contributed by atoms with E-state index >= 15 is 0 Å². The maximum absolute atomic E-state index is 13.9. The third-order valence-electron chi connectivity index (χ3n) is 4.49. The van der Waals surface area contributed by atoms with E-state index < -0.39 is 5.56 Å². The molecule has 0 fully saturated rings. The van der Waals surface area contributed by atoms with Gasteiger partial charge in [-0.1, -0.05) is 23.7 Å². The van der Waals surface area contributed by atoms with Gasteiger partial charge < -0.3 is 19.4 Å². The highest BCUT2D eigenvalue weighted by molar-refractivity contribution is 6.31. The molecule has 0 spiro atoms. The molecule has 1 aliphatic carbocycles. The summed E-state index contributed by atoms with van der Waals surface area (Å²) in [7, 11) is 2.94.